The number of nitrogens with zero attached hydrogens (tertiary/aromatic N) is 1. The maximum atomic E-state index is 14.7. The zero-order valence-corrected chi connectivity index (χ0v) is 13.9. The minimum Gasteiger partial charge on any atom is -0.221 e. The van der Waals surface area contributed by atoms with Gasteiger partial charge in [-0.15, -0.1) is 0 Å². The molecule has 0 aromatic rings. The second-order valence-electron chi connectivity index (χ2n) is 6.12. The Morgan fingerprint density at radius 2 is 1.50 bits per heavy atom. The first-order chi connectivity index (χ1) is 11.1. The van der Waals surface area contributed by atoms with Gasteiger partial charge in [-0.2, -0.15) is 26.9 Å². The summed E-state index contributed by atoms with van der Waals surface area (Å²) in [4.78, 5) is -0.341. The van der Waals surface area contributed by atoms with Gasteiger partial charge in [-0.3, -0.25) is 0 Å². The van der Waals surface area contributed by atoms with Crippen LogP contribution in [-0.2, 0) is 0 Å². The van der Waals surface area contributed by atoms with Gasteiger partial charge in [0.2, 0.25) is 0 Å². The van der Waals surface area contributed by atoms with Crippen molar-refractivity contribution in [2.45, 2.75) is 76.3 Å². The summed E-state index contributed by atoms with van der Waals surface area (Å²) in [5.41, 5.74) is 0. The number of hydrogen-bond acceptors (Lipinski definition) is 1. The lowest BCUT2D eigenvalue weighted by Gasteiger charge is -2.41. The predicted molar refractivity (Wildman–Crippen MR) is 82.4 cm³/mol. The molecule has 1 atom stereocenters. The van der Waals surface area contributed by atoms with Crippen LogP contribution in [-0.4, -0.2) is 29.5 Å². The Morgan fingerprint density at radius 1 is 0.917 bits per heavy atom. The summed E-state index contributed by atoms with van der Waals surface area (Å²) < 4.78 is 80.5. The summed E-state index contributed by atoms with van der Waals surface area (Å²) in [5.74, 6) is -2.82. The van der Waals surface area contributed by atoms with E-state index in [0.29, 0.717) is 6.42 Å². The van der Waals surface area contributed by atoms with Crippen molar-refractivity contribution < 1.29 is 26.3 Å². The zero-order valence-electron chi connectivity index (χ0n) is 13.9. The standard InChI is InChI=1S/C17H25F6N/c1-2-3-4-5-6-7-11-14-24(17(22,23)16(19,20)21)15(18)12-9-8-10-13-15/h8-10,12H,2-7,11,13-14H2,1H3. The Labute approximate surface area is 139 Å². The molecule has 0 fully saturated rings. The van der Waals surface area contributed by atoms with E-state index in [1.165, 1.54) is 12.2 Å². The van der Waals surface area contributed by atoms with Crippen LogP contribution in [0.15, 0.2) is 24.3 Å². The molecule has 0 heterocycles. The van der Waals surface area contributed by atoms with E-state index in [0.717, 1.165) is 44.3 Å². The fraction of sp³-hybridized carbons (Fsp3) is 0.765. The molecule has 1 unspecified atom stereocenters. The molecule has 24 heavy (non-hydrogen) atoms. The lowest BCUT2D eigenvalue weighted by atomic mass is 10.0. The third-order valence-electron chi connectivity index (χ3n) is 4.12. The van der Waals surface area contributed by atoms with E-state index in [1.54, 1.807) is 0 Å². The molecular weight excluding hydrogens is 332 g/mol. The number of alkyl halides is 6. The molecule has 0 bridgehead atoms. The van der Waals surface area contributed by atoms with E-state index in [4.69, 9.17) is 0 Å². The number of halogens is 6. The SMILES string of the molecule is CCCCCCCCCN(C1(F)C=CC=CC1)C(F)(F)C(F)(F)F. The Morgan fingerprint density at radius 3 is 2.00 bits per heavy atom. The van der Waals surface area contributed by atoms with Crippen LogP contribution in [0.5, 0.6) is 0 Å². The fourth-order valence-electron chi connectivity index (χ4n) is 2.72. The number of allylic oxidation sites excluding steroid dienone is 2. The Balaban J connectivity index is 2.70. The van der Waals surface area contributed by atoms with E-state index in [9.17, 15) is 26.3 Å². The van der Waals surface area contributed by atoms with Gasteiger partial charge in [0.05, 0.1) is 0 Å². The molecule has 0 amide bonds. The summed E-state index contributed by atoms with van der Waals surface area (Å²) in [5, 5.41) is 0. The van der Waals surface area contributed by atoms with Crippen LogP contribution in [0.25, 0.3) is 0 Å². The highest BCUT2D eigenvalue weighted by Gasteiger charge is 2.65. The Kier molecular flexibility index (Phi) is 7.83. The minimum absolute atomic E-state index is 0.0982. The maximum absolute atomic E-state index is 14.7. The highest BCUT2D eigenvalue weighted by Crippen LogP contribution is 2.44. The third kappa shape index (κ3) is 5.53. The molecule has 0 spiro atoms. The van der Waals surface area contributed by atoms with Crippen molar-refractivity contribution >= 4 is 0 Å². The first-order valence-corrected chi connectivity index (χ1v) is 8.40. The highest BCUT2D eigenvalue weighted by atomic mass is 19.4. The van der Waals surface area contributed by atoms with Crippen LogP contribution in [0, 0.1) is 0 Å². The average molecular weight is 357 g/mol. The van der Waals surface area contributed by atoms with Crippen molar-refractivity contribution in [2.24, 2.45) is 0 Å². The first kappa shape index (κ1) is 21.1. The van der Waals surface area contributed by atoms with Gasteiger partial charge in [-0.1, -0.05) is 63.7 Å². The minimum atomic E-state index is -5.82. The largest absolute Gasteiger partial charge is 0.469 e. The molecule has 0 aliphatic heterocycles. The molecule has 0 radical (unpaired) electrons. The molecule has 0 saturated carbocycles. The lowest BCUT2D eigenvalue weighted by molar-refractivity contribution is -0.363. The van der Waals surface area contributed by atoms with Crippen molar-refractivity contribution in [3.63, 3.8) is 0 Å². The summed E-state index contributed by atoms with van der Waals surface area (Å²) in [6.45, 7) is 1.42. The summed E-state index contributed by atoms with van der Waals surface area (Å²) in [6.07, 6.45) is 3.69. The molecule has 140 valence electrons. The molecular formula is C17H25F6N. The van der Waals surface area contributed by atoms with Gasteiger partial charge >= 0.3 is 12.2 Å². The monoisotopic (exact) mass is 357 g/mol. The smallest absolute Gasteiger partial charge is 0.221 e. The molecule has 0 aromatic carbocycles. The maximum Gasteiger partial charge on any atom is 0.469 e. The average Bonchev–Trinajstić information content (AvgIpc) is 2.49. The second kappa shape index (κ2) is 8.92. The van der Waals surface area contributed by atoms with Crippen molar-refractivity contribution in [3.05, 3.63) is 24.3 Å². The van der Waals surface area contributed by atoms with Crippen LogP contribution >= 0.6 is 0 Å². The van der Waals surface area contributed by atoms with Gasteiger partial charge < -0.3 is 0 Å². The van der Waals surface area contributed by atoms with Gasteiger partial charge in [-0.05, 0) is 12.5 Å². The summed E-state index contributed by atoms with van der Waals surface area (Å²) in [7, 11) is 0. The lowest BCUT2D eigenvalue weighted by Crippen LogP contribution is -2.60. The van der Waals surface area contributed by atoms with E-state index in [-0.39, 0.29) is 11.3 Å². The molecule has 7 heteroatoms. The third-order valence-corrected chi connectivity index (χ3v) is 4.12. The molecule has 1 nitrogen and oxygen atoms in total. The number of rotatable bonds is 10. The van der Waals surface area contributed by atoms with Crippen molar-refractivity contribution in [1.29, 1.82) is 0 Å². The van der Waals surface area contributed by atoms with E-state index >= 15 is 0 Å². The normalized spacial score (nSPS) is 21.7. The molecule has 0 aromatic heterocycles. The van der Waals surface area contributed by atoms with Crippen molar-refractivity contribution in [1.82, 2.24) is 4.90 Å². The van der Waals surface area contributed by atoms with Crippen LogP contribution in [0.3, 0.4) is 0 Å². The van der Waals surface area contributed by atoms with Gasteiger partial charge in [0.1, 0.15) is 0 Å². The van der Waals surface area contributed by atoms with Gasteiger partial charge in [0.15, 0.2) is 5.79 Å². The van der Waals surface area contributed by atoms with Crippen molar-refractivity contribution in [2.75, 3.05) is 6.54 Å². The van der Waals surface area contributed by atoms with Crippen LogP contribution < -0.4 is 0 Å². The predicted octanol–water partition coefficient (Wildman–Crippen LogP) is 6.38. The topological polar surface area (TPSA) is 3.24 Å². The van der Waals surface area contributed by atoms with Crippen LogP contribution in [0.2, 0.25) is 0 Å². The zero-order chi connectivity index (χ0) is 18.3. The van der Waals surface area contributed by atoms with Crippen molar-refractivity contribution in [3.8, 4) is 0 Å². The number of unbranched alkanes of at least 4 members (excludes halogenated alkanes) is 6. The van der Waals surface area contributed by atoms with E-state index in [1.807, 2.05) is 0 Å². The quantitative estimate of drug-likeness (QED) is 0.249. The Bertz CT molecular complexity index is 429. The summed E-state index contributed by atoms with van der Waals surface area (Å²) in [6, 6.07) is -5.21. The van der Waals surface area contributed by atoms with Crippen LogP contribution in [0.4, 0.5) is 26.3 Å². The van der Waals surface area contributed by atoms with E-state index in [2.05, 4.69) is 6.92 Å². The van der Waals surface area contributed by atoms with E-state index < -0.39 is 31.0 Å². The summed E-state index contributed by atoms with van der Waals surface area (Å²) >= 11 is 0. The molecule has 0 N–H and O–H groups in total. The second-order valence-corrected chi connectivity index (χ2v) is 6.12. The van der Waals surface area contributed by atoms with Crippen LogP contribution in [0.1, 0.15) is 58.3 Å². The highest BCUT2D eigenvalue weighted by molar-refractivity contribution is 5.18. The molecule has 1 rings (SSSR count). The van der Waals surface area contributed by atoms with Gasteiger partial charge in [-0.25, -0.2) is 4.39 Å². The van der Waals surface area contributed by atoms with Gasteiger partial charge in [0, 0.05) is 13.0 Å². The first-order valence-electron chi connectivity index (χ1n) is 8.40. The fourth-order valence-corrected chi connectivity index (χ4v) is 2.72. The molecule has 1 aliphatic rings. The Hall–Kier alpha value is -0.980. The molecule has 0 saturated heterocycles. The van der Waals surface area contributed by atoms with Gasteiger partial charge in [0.25, 0.3) is 0 Å². The number of hydrogen-bond donors (Lipinski definition) is 0. The molecule has 1 aliphatic carbocycles.